The first-order valence-corrected chi connectivity index (χ1v) is 11.9. The number of anilines is 1. The van der Waals surface area contributed by atoms with Gasteiger partial charge in [0.2, 0.25) is 5.91 Å². The van der Waals surface area contributed by atoms with Crippen molar-refractivity contribution in [3.8, 4) is 11.5 Å². The summed E-state index contributed by atoms with van der Waals surface area (Å²) < 4.78 is 8.06. The second kappa shape index (κ2) is 8.93. The number of nitrogens with one attached hydrogen (secondary N) is 1. The molecule has 174 valence electrons. The zero-order valence-electron chi connectivity index (χ0n) is 20.0. The summed E-state index contributed by atoms with van der Waals surface area (Å²) in [4.78, 5) is 17.1. The van der Waals surface area contributed by atoms with Gasteiger partial charge in [0.25, 0.3) is 0 Å². The Morgan fingerprint density at radius 3 is 2.50 bits per heavy atom. The van der Waals surface area contributed by atoms with Gasteiger partial charge in [-0.1, -0.05) is 12.1 Å². The Bertz CT molecular complexity index is 1330. The van der Waals surface area contributed by atoms with E-state index in [1.165, 1.54) is 24.0 Å². The van der Waals surface area contributed by atoms with Gasteiger partial charge in [0, 0.05) is 17.8 Å². The van der Waals surface area contributed by atoms with Gasteiger partial charge >= 0.3 is 0 Å². The molecule has 5 rings (SSSR count). The van der Waals surface area contributed by atoms with E-state index in [1.807, 2.05) is 41.2 Å². The number of hydrogen-bond acceptors (Lipinski definition) is 4. The molecule has 4 aromatic rings. The summed E-state index contributed by atoms with van der Waals surface area (Å²) in [5.41, 5.74) is 5.29. The summed E-state index contributed by atoms with van der Waals surface area (Å²) in [6, 6.07) is 14.0. The number of aryl methyl sites for hydroxylation is 2. The Morgan fingerprint density at radius 1 is 1.06 bits per heavy atom. The lowest BCUT2D eigenvalue weighted by atomic mass is 9.90. The fourth-order valence-electron chi connectivity index (χ4n) is 4.39. The van der Waals surface area contributed by atoms with Gasteiger partial charge in [-0.15, -0.1) is 0 Å². The van der Waals surface area contributed by atoms with Crippen LogP contribution in [0.5, 0.6) is 11.5 Å². The number of ether oxygens (including phenoxy) is 1. The molecule has 0 aliphatic heterocycles. The molecule has 0 bridgehead atoms. The average Bonchev–Trinajstić information content (AvgIpc) is 3.28. The third kappa shape index (κ3) is 4.81. The number of carbonyl (C=O) groups is 1. The lowest BCUT2D eigenvalue weighted by molar-refractivity contribution is -0.115. The second-order valence-electron chi connectivity index (χ2n) is 9.97. The number of benzene rings is 2. The highest BCUT2D eigenvalue weighted by Gasteiger charge is 2.16. The number of fused-ring (bicyclic) bond motifs is 2. The summed E-state index contributed by atoms with van der Waals surface area (Å²) in [7, 11) is 0. The van der Waals surface area contributed by atoms with Crippen LogP contribution in [-0.4, -0.2) is 20.7 Å². The summed E-state index contributed by atoms with van der Waals surface area (Å²) in [5, 5.41) is 8.29. The number of pyridine rings is 1. The van der Waals surface area contributed by atoms with Crippen LogP contribution in [0.1, 0.15) is 50.3 Å². The van der Waals surface area contributed by atoms with Gasteiger partial charge in [0.05, 0.1) is 29.4 Å². The number of hydrogen-bond donors (Lipinski definition) is 1. The monoisotopic (exact) mass is 454 g/mol. The normalized spacial score (nSPS) is 13.5. The van der Waals surface area contributed by atoms with E-state index in [-0.39, 0.29) is 17.9 Å². The van der Waals surface area contributed by atoms with E-state index in [0.29, 0.717) is 5.69 Å². The minimum absolute atomic E-state index is 0.0768. The predicted octanol–water partition coefficient (Wildman–Crippen LogP) is 6.04. The Balaban J connectivity index is 1.26. The third-order valence-electron chi connectivity index (χ3n) is 6.23. The standard InChI is InChI=1S/C28H30N4O2/c1-28(2,3)32-18-22(17-30-32)31-27(33)14-19-8-10-23(11-9-19)34-26-12-13-29-25-16-21-7-5-4-6-20(21)15-24(25)26/h8-13,15-18H,4-7,14H2,1-3H3,(H,31,33). The summed E-state index contributed by atoms with van der Waals surface area (Å²) in [6.07, 6.45) is 10.3. The van der Waals surface area contributed by atoms with Crippen LogP contribution >= 0.6 is 0 Å². The minimum atomic E-state index is -0.127. The van der Waals surface area contributed by atoms with E-state index >= 15 is 0 Å². The molecular formula is C28H30N4O2. The van der Waals surface area contributed by atoms with Crippen molar-refractivity contribution in [2.75, 3.05) is 5.32 Å². The van der Waals surface area contributed by atoms with Crippen molar-refractivity contribution in [3.63, 3.8) is 0 Å². The largest absolute Gasteiger partial charge is 0.457 e. The van der Waals surface area contributed by atoms with Gasteiger partial charge in [-0.2, -0.15) is 5.10 Å². The number of rotatable bonds is 5. The van der Waals surface area contributed by atoms with E-state index < -0.39 is 0 Å². The SMILES string of the molecule is CC(C)(C)n1cc(NC(=O)Cc2ccc(Oc3ccnc4cc5c(cc34)CCCC5)cc2)cn1. The number of aromatic nitrogens is 3. The van der Waals surface area contributed by atoms with Gasteiger partial charge in [-0.05, 0) is 93.5 Å². The molecule has 1 aliphatic rings. The van der Waals surface area contributed by atoms with E-state index in [2.05, 4.69) is 48.3 Å². The minimum Gasteiger partial charge on any atom is -0.457 e. The van der Waals surface area contributed by atoms with Gasteiger partial charge in [0.15, 0.2) is 0 Å². The van der Waals surface area contributed by atoms with Gasteiger partial charge in [-0.25, -0.2) is 0 Å². The molecule has 1 amide bonds. The Labute approximate surface area is 200 Å². The van der Waals surface area contributed by atoms with E-state index in [4.69, 9.17) is 4.74 Å². The van der Waals surface area contributed by atoms with Crippen LogP contribution in [0.25, 0.3) is 10.9 Å². The molecule has 0 fully saturated rings. The van der Waals surface area contributed by atoms with Crippen molar-refractivity contribution in [2.24, 2.45) is 0 Å². The Hall–Kier alpha value is -3.67. The molecular weight excluding hydrogens is 424 g/mol. The zero-order valence-corrected chi connectivity index (χ0v) is 20.0. The summed E-state index contributed by atoms with van der Waals surface area (Å²) in [5.74, 6) is 1.47. The maximum absolute atomic E-state index is 12.5. The van der Waals surface area contributed by atoms with Crippen LogP contribution in [0.15, 0.2) is 61.1 Å². The fourth-order valence-corrected chi connectivity index (χ4v) is 4.39. The molecule has 1 N–H and O–H groups in total. The van der Waals surface area contributed by atoms with Crippen molar-refractivity contribution in [1.82, 2.24) is 14.8 Å². The number of amides is 1. The number of carbonyl (C=O) groups excluding carboxylic acids is 1. The Morgan fingerprint density at radius 2 is 1.79 bits per heavy atom. The van der Waals surface area contributed by atoms with Crippen LogP contribution in [0.3, 0.4) is 0 Å². The molecule has 2 aromatic heterocycles. The van der Waals surface area contributed by atoms with Crippen molar-refractivity contribution in [2.45, 2.75) is 58.4 Å². The van der Waals surface area contributed by atoms with E-state index in [1.54, 1.807) is 12.4 Å². The smallest absolute Gasteiger partial charge is 0.228 e. The molecule has 0 radical (unpaired) electrons. The molecule has 1 aliphatic carbocycles. The first-order valence-electron chi connectivity index (χ1n) is 11.9. The highest BCUT2D eigenvalue weighted by atomic mass is 16.5. The van der Waals surface area contributed by atoms with Crippen molar-refractivity contribution < 1.29 is 9.53 Å². The zero-order chi connectivity index (χ0) is 23.7. The van der Waals surface area contributed by atoms with E-state index in [0.717, 1.165) is 40.8 Å². The highest BCUT2D eigenvalue weighted by molar-refractivity contribution is 5.92. The lowest BCUT2D eigenvalue weighted by Gasteiger charge is -2.18. The molecule has 0 unspecified atom stereocenters. The third-order valence-corrected chi connectivity index (χ3v) is 6.23. The maximum atomic E-state index is 12.5. The molecule has 0 spiro atoms. The molecule has 0 saturated heterocycles. The van der Waals surface area contributed by atoms with Crippen LogP contribution < -0.4 is 10.1 Å². The molecule has 6 heteroatoms. The van der Waals surface area contributed by atoms with E-state index in [9.17, 15) is 4.79 Å². The van der Waals surface area contributed by atoms with Gasteiger partial charge < -0.3 is 10.1 Å². The molecule has 6 nitrogen and oxygen atoms in total. The molecule has 34 heavy (non-hydrogen) atoms. The number of nitrogens with zero attached hydrogens (tertiary/aromatic N) is 3. The molecule has 0 saturated carbocycles. The topological polar surface area (TPSA) is 69.0 Å². The molecule has 2 aromatic carbocycles. The van der Waals surface area contributed by atoms with Crippen LogP contribution in [0.2, 0.25) is 0 Å². The van der Waals surface area contributed by atoms with Crippen molar-refractivity contribution in [3.05, 3.63) is 77.7 Å². The van der Waals surface area contributed by atoms with Gasteiger partial charge in [0.1, 0.15) is 11.5 Å². The van der Waals surface area contributed by atoms with Crippen molar-refractivity contribution in [1.29, 1.82) is 0 Å². The first-order chi connectivity index (χ1) is 16.3. The highest BCUT2D eigenvalue weighted by Crippen LogP contribution is 2.33. The van der Waals surface area contributed by atoms with Gasteiger partial charge in [-0.3, -0.25) is 14.5 Å². The lowest BCUT2D eigenvalue weighted by Crippen LogP contribution is -2.22. The maximum Gasteiger partial charge on any atom is 0.228 e. The summed E-state index contributed by atoms with van der Waals surface area (Å²) >= 11 is 0. The first kappa shape index (κ1) is 22.1. The Kier molecular flexibility index (Phi) is 5.82. The summed E-state index contributed by atoms with van der Waals surface area (Å²) in [6.45, 7) is 6.20. The second-order valence-corrected chi connectivity index (χ2v) is 9.97. The molecule has 2 heterocycles. The quantitative estimate of drug-likeness (QED) is 0.399. The fraction of sp³-hybridized carbons (Fsp3) is 0.321. The van der Waals surface area contributed by atoms with Crippen LogP contribution in [0.4, 0.5) is 5.69 Å². The molecule has 0 atom stereocenters. The van der Waals surface area contributed by atoms with Crippen LogP contribution in [-0.2, 0) is 29.6 Å². The van der Waals surface area contributed by atoms with Crippen molar-refractivity contribution >= 4 is 22.5 Å². The predicted molar refractivity (Wildman–Crippen MR) is 134 cm³/mol. The average molecular weight is 455 g/mol. The van der Waals surface area contributed by atoms with Crippen LogP contribution in [0, 0.1) is 0 Å².